The molecule has 5 heteroatoms. The monoisotopic (exact) mass is 309 g/mol. The summed E-state index contributed by atoms with van der Waals surface area (Å²) in [7, 11) is 0. The molecule has 1 N–H and O–H groups in total. The Morgan fingerprint density at radius 2 is 1.76 bits per heavy atom. The molecular formula is C16H23NO3S. The van der Waals surface area contributed by atoms with Crippen molar-refractivity contribution in [2.24, 2.45) is 0 Å². The zero-order chi connectivity index (χ0) is 16.2. The van der Waals surface area contributed by atoms with E-state index in [9.17, 15) is 14.7 Å². The van der Waals surface area contributed by atoms with Crippen molar-refractivity contribution in [1.29, 1.82) is 0 Å². The molecule has 0 aliphatic heterocycles. The van der Waals surface area contributed by atoms with Crippen LogP contribution in [0.15, 0.2) is 24.3 Å². The summed E-state index contributed by atoms with van der Waals surface area (Å²) in [5, 5.41) is 9.18. The molecule has 0 saturated carbocycles. The Kier molecular flexibility index (Phi) is 5.84. The van der Waals surface area contributed by atoms with E-state index in [0.29, 0.717) is 0 Å². The standard InChI is InChI=1S/C16H23NO3S/c1-11(18)17(14(10-21)15(19)20)9-12-5-7-13(8-6-12)16(2,3)4/h5-8,14,21H,9-10H2,1-4H3,(H,19,20)/t14-/m0/s1. The van der Waals surface area contributed by atoms with Gasteiger partial charge in [0.1, 0.15) is 6.04 Å². The van der Waals surface area contributed by atoms with Gasteiger partial charge in [-0.15, -0.1) is 0 Å². The number of benzene rings is 1. The van der Waals surface area contributed by atoms with Gasteiger partial charge in [0.15, 0.2) is 0 Å². The van der Waals surface area contributed by atoms with Crippen LogP contribution in [0.3, 0.4) is 0 Å². The van der Waals surface area contributed by atoms with Gasteiger partial charge in [-0.05, 0) is 16.5 Å². The minimum atomic E-state index is -1.04. The van der Waals surface area contributed by atoms with E-state index in [1.807, 2.05) is 24.3 Å². The van der Waals surface area contributed by atoms with Crippen molar-refractivity contribution in [3.05, 3.63) is 35.4 Å². The quantitative estimate of drug-likeness (QED) is 0.822. The van der Waals surface area contributed by atoms with Crippen molar-refractivity contribution in [3.8, 4) is 0 Å². The summed E-state index contributed by atoms with van der Waals surface area (Å²) in [6.45, 7) is 8.04. The summed E-state index contributed by atoms with van der Waals surface area (Å²) in [5.74, 6) is -1.21. The first-order valence-corrected chi connectivity index (χ1v) is 7.50. The molecule has 1 rings (SSSR count). The molecule has 0 aliphatic carbocycles. The second kappa shape index (κ2) is 6.98. The number of carboxylic acid groups (broad SMARTS) is 1. The first-order valence-electron chi connectivity index (χ1n) is 6.87. The Bertz CT molecular complexity index is 505. The minimum absolute atomic E-state index is 0.0630. The average molecular weight is 309 g/mol. The average Bonchev–Trinajstić information content (AvgIpc) is 2.37. The predicted octanol–water partition coefficient (Wildman–Crippen LogP) is 2.72. The zero-order valence-electron chi connectivity index (χ0n) is 13.0. The molecule has 21 heavy (non-hydrogen) atoms. The highest BCUT2D eigenvalue weighted by molar-refractivity contribution is 7.80. The second-order valence-electron chi connectivity index (χ2n) is 6.13. The van der Waals surface area contributed by atoms with E-state index in [2.05, 4.69) is 33.4 Å². The Hall–Kier alpha value is -1.49. The Labute approximate surface area is 131 Å². The van der Waals surface area contributed by atoms with Gasteiger partial charge in [0, 0.05) is 19.2 Å². The molecule has 0 aromatic heterocycles. The van der Waals surface area contributed by atoms with E-state index >= 15 is 0 Å². The topological polar surface area (TPSA) is 57.6 Å². The third kappa shape index (κ3) is 4.77. The van der Waals surface area contributed by atoms with Gasteiger partial charge in [-0.2, -0.15) is 12.6 Å². The molecule has 0 fully saturated rings. The van der Waals surface area contributed by atoms with E-state index in [1.165, 1.54) is 17.4 Å². The van der Waals surface area contributed by atoms with E-state index in [4.69, 9.17) is 0 Å². The van der Waals surface area contributed by atoms with Gasteiger partial charge in [-0.25, -0.2) is 4.79 Å². The molecule has 1 amide bonds. The fraction of sp³-hybridized carbons (Fsp3) is 0.500. The minimum Gasteiger partial charge on any atom is -0.480 e. The largest absolute Gasteiger partial charge is 0.480 e. The molecule has 0 radical (unpaired) electrons. The summed E-state index contributed by atoms with van der Waals surface area (Å²) >= 11 is 4.03. The molecule has 0 aliphatic rings. The molecule has 0 unspecified atom stereocenters. The number of rotatable bonds is 5. The van der Waals surface area contributed by atoms with Crippen molar-refractivity contribution in [2.45, 2.75) is 45.7 Å². The van der Waals surface area contributed by atoms with E-state index in [1.54, 1.807) is 0 Å². The maximum atomic E-state index is 11.7. The van der Waals surface area contributed by atoms with Crippen LogP contribution >= 0.6 is 12.6 Å². The second-order valence-corrected chi connectivity index (χ2v) is 6.50. The summed E-state index contributed by atoms with van der Waals surface area (Å²) in [5.41, 5.74) is 2.17. The Morgan fingerprint density at radius 3 is 2.10 bits per heavy atom. The molecule has 0 spiro atoms. The lowest BCUT2D eigenvalue weighted by molar-refractivity contribution is -0.148. The number of hydrogen-bond donors (Lipinski definition) is 2. The molecule has 0 saturated heterocycles. The highest BCUT2D eigenvalue weighted by Crippen LogP contribution is 2.22. The van der Waals surface area contributed by atoms with Crippen molar-refractivity contribution >= 4 is 24.5 Å². The first kappa shape index (κ1) is 17.6. The lowest BCUT2D eigenvalue weighted by Gasteiger charge is -2.27. The Morgan fingerprint density at radius 1 is 1.24 bits per heavy atom. The highest BCUT2D eigenvalue weighted by atomic mass is 32.1. The number of carboxylic acids is 1. The van der Waals surface area contributed by atoms with Crippen LogP contribution in [0.1, 0.15) is 38.8 Å². The fourth-order valence-electron chi connectivity index (χ4n) is 2.06. The summed E-state index contributed by atoms with van der Waals surface area (Å²) in [6, 6.07) is 7.00. The maximum Gasteiger partial charge on any atom is 0.327 e. The number of nitrogens with zero attached hydrogens (tertiary/aromatic N) is 1. The van der Waals surface area contributed by atoms with Gasteiger partial charge in [0.05, 0.1) is 0 Å². The van der Waals surface area contributed by atoms with Crippen molar-refractivity contribution < 1.29 is 14.7 Å². The number of amides is 1. The third-order valence-electron chi connectivity index (χ3n) is 3.41. The molecule has 0 bridgehead atoms. The van der Waals surface area contributed by atoms with Gasteiger partial charge in [-0.1, -0.05) is 45.0 Å². The lowest BCUT2D eigenvalue weighted by atomic mass is 9.87. The van der Waals surface area contributed by atoms with Gasteiger partial charge in [-0.3, -0.25) is 4.79 Å². The smallest absolute Gasteiger partial charge is 0.327 e. The van der Waals surface area contributed by atoms with Gasteiger partial charge in [0.2, 0.25) is 5.91 Å². The van der Waals surface area contributed by atoms with Crippen LogP contribution in [0, 0.1) is 0 Å². The van der Waals surface area contributed by atoms with Crippen LogP contribution in [0.2, 0.25) is 0 Å². The number of carbonyl (C=O) groups is 2. The normalized spacial score (nSPS) is 12.8. The third-order valence-corrected chi connectivity index (χ3v) is 3.76. The van der Waals surface area contributed by atoms with Gasteiger partial charge >= 0.3 is 5.97 Å². The molecule has 1 atom stereocenters. The summed E-state index contributed by atoms with van der Waals surface area (Å²) in [6.07, 6.45) is 0. The van der Waals surface area contributed by atoms with E-state index in [0.717, 1.165) is 5.56 Å². The van der Waals surface area contributed by atoms with Gasteiger partial charge < -0.3 is 10.0 Å². The maximum absolute atomic E-state index is 11.7. The van der Waals surface area contributed by atoms with Crippen LogP contribution < -0.4 is 0 Å². The molecule has 4 nitrogen and oxygen atoms in total. The van der Waals surface area contributed by atoms with Crippen molar-refractivity contribution in [3.63, 3.8) is 0 Å². The molecule has 1 aromatic carbocycles. The van der Waals surface area contributed by atoms with Gasteiger partial charge in [0.25, 0.3) is 0 Å². The first-order chi connectivity index (χ1) is 9.66. The SMILES string of the molecule is CC(=O)N(Cc1ccc(C(C)(C)C)cc1)[C@@H](CS)C(=O)O. The fourth-order valence-corrected chi connectivity index (χ4v) is 2.41. The number of aliphatic carboxylic acids is 1. The number of thiol groups is 1. The molecule has 0 heterocycles. The summed E-state index contributed by atoms with van der Waals surface area (Å²) in [4.78, 5) is 24.3. The number of carbonyl (C=O) groups excluding carboxylic acids is 1. The van der Waals surface area contributed by atoms with Crippen LogP contribution in [-0.4, -0.2) is 33.7 Å². The predicted molar refractivity (Wildman–Crippen MR) is 86.6 cm³/mol. The van der Waals surface area contributed by atoms with Crippen LogP contribution in [-0.2, 0) is 21.5 Å². The van der Waals surface area contributed by atoms with Crippen LogP contribution in [0.4, 0.5) is 0 Å². The van der Waals surface area contributed by atoms with Crippen LogP contribution in [0.25, 0.3) is 0 Å². The zero-order valence-corrected chi connectivity index (χ0v) is 13.9. The van der Waals surface area contributed by atoms with E-state index in [-0.39, 0.29) is 23.6 Å². The molecular weight excluding hydrogens is 286 g/mol. The van der Waals surface area contributed by atoms with Crippen molar-refractivity contribution in [2.75, 3.05) is 5.75 Å². The molecule has 116 valence electrons. The van der Waals surface area contributed by atoms with Crippen molar-refractivity contribution in [1.82, 2.24) is 4.90 Å². The van der Waals surface area contributed by atoms with E-state index < -0.39 is 12.0 Å². The molecule has 1 aromatic rings. The van der Waals surface area contributed by atoms with Crippen LogP contribution in [0.5, 0.6) is 0 Å². The lowest BCUT2D eigenvalue weighted by Crippen LogP contribution is -2.44. The summed E-state index contributed by atoms with van der Waals surface area (Å²) < 4.78 is 0. The Balaban J connectivity index is 2.95. The number of hydrogen-bond acceptors (Lipinski definition) is 3. The highest BCUT2D eigenvalue weighted by Gasteiger charge is 2.26.